The summed E-state index contributed by atoms with van der Waals surface area (Å²) in [5.74, 6) is -0.441. The largest absolute Gasteiger partial charge is 0.462 e. The van der Waals surface area contributed by atoms with Crippen molar-refractivity contribution in [1.29, 1.82) is 0 Å². The minimum absolute atomic E-state index is 0.0617. The van der Waals surface area contributed by atoms with Crippen LogP contribution in [0.3, 0.4) is 0 Å². The summed E-state index contributed by atoms with van der Waals surface area (Å²) in [5.41, 5.74) is 0. The number of allylic oxidation sites excluding steroid dienone is 12. The Labute approximate surface area is 321 Å². The molecule has 0 radical (unpaired) electrons. The fraction of sp³-hybridized carbons (Fsp3) is 0.702. The molecule has 5 heteroatoms. The summed E-state index contributed by atoms with van der Waals surface area (Å²) in [7, 11) is 0. The summed E-state index contributed by atoms with van der Waals surface area (Å²) in [5, 5.41) is 0. The van der Waals surface area contributed by atoms with Crippen molar-refractivity contribution in [3.63, 3.8) is 0 Å². The van der Waals surface area contributed by atoms with Crippen LogP contribution in [0.15, 0.2) is 72.9 Å². The number of esters is 2. The Morgan fingerprint density at radius 3 is 1.31 bits per heavy atom. The predicted octanol–water partition coefficient (Wildman–Crippen LogP) is 14.0. The number of hydrogen-bond donors (Lipinski definition) is 0. The fourth-order valence-electron chi connectivity index (χ4n) is 5.58. The van der Waals surface area contributed by atoms with Crippen LogP contribution in [0.25, 0.3) is 0 Å². The van der Waals surface area contributed by atoms with Gasteiger partial charge in [-0.15, -0.1) is 0 Å². The van der Waals surface area contributed by atoms with Gasteiger partial charge in [0.25, 0.3) is 0 Å². The van der Waals surface area contributed by atoms with Gasteiger partial charge in [0.05, 0.1) is 6.61 Å². The van der Waals surface area contributed by atoms with Gasteiger partial charge >= 0.3 is 11.9 Å². The molecule has 52 heavy (non-hydrogen) atoms. The number of ether oxygens (including phenoxy) is 3. The summed E-state index contributed by atoms with van der Waals surface area (Å²) >= 11 is 0. The van der Waals surface area contributed by atoms with Crippen molar-refractivity contribution < 1.29 is 23.8 Å². The van der Waals surface area contributed by atoms with E-state index in [0.717, 1.165) is 83.5 Å². The van der Waals surface area contributed by atoms with Crippen LogP contribution in [0.1, 0.15) is 188 Å². The molecule has 0 bridgehead atoms. The van der Waals surface area contributed by atoms with Gasteiger partial charge in [0.1, 0.15) is 6.61 Å². The molecule has 0 heterocycles. The smallest absolute Gasteiger partial charge is 0.306 e. The van der Waals surface area contributed by atoms with Crippen LogP contribution in [0, 0.1) is 0 Å². The topological polar surface area (TPSA) is 61.8 Å². The molecule has 0 saturated heterocycles. The highest BCUT2D eigenvalue weighted by Crippen LogP contribution is 2.12. The van der Waals surface area contributed by atoms with Gasteiger partial charge in [-0.3, -0.25) is 9.59 Å². The van der Waals surface area contributed by atoms with Crippen LogP contribution < -0.4 is 0 Å². The lowest BCUT2D eigenvalue weighted by atomic mass is 10.1. The van der Waals surface area contributed by atoms with E-state index in [1.807, 2.05) is 0 Å². The Morgan fingerprint density at radius 2 is 0.846 bits per heavy atom. The van der Waals surface area contributed by atoms with Crippen LogP contribution in [0.2, 0.25) is 0 Å². The van der Waals surface area contributed by atoms with Gasteiger partial charge in [-0.1, -0.05) is 184 Å². The molecule has 0 N–H and O–H groups in total. The molecule has 0 aliphatic carbocycles. The molecule has 0 aliphatic rings. The van der Waals surface area contributed by atoms with E-state index < -0.39 is 6.10 Å². The highest BCUT2D eigenvalue weighted by Gasteiger charge is 2.17. The quantitative estimate of drug-likeness (QED) is 0.0360. The molecule has 0 aliphatic heterocycles. The Hall–Kier alpha value is -2.66. The fourth-order valence-corrected chi connectivity index (χ4v) is 5.58. The maximum atomic E-state index is 12.6. The van der Waals surface area contributed by atoms with E-state index >= 15 is 0 Å². The summed E-state index contributed by atoms with van der Waals surface area (Å²) < 4.78 is 17.1. The van der Waals surface area contributed by atoms with Crippen LogP contribution in [0.4, 0.5) is 0 Å². The molecule has 1 unspecified atom stereocenters. The van der Waals surface area contributed by atoms with Gasteiger partial charge in [0.15, 0.2) is 6.10 Å². The maximum absolute atomic E-state index is 12.6. The molecule has 0 aromatic heterocycles. The Morgan fingerprint density at radius 1 is 0.442 bits per heavy atom. The van der Waals surface area contributed by atoms with Gasteiger partial charge in [-0.2, -0.15) is 0 Å². The molecule has 0 aromatic rings. The highest BCUT2D eigenvalue weighted by molar-refractivity contribution is 5.70. The molecule has 0 aromatic carbocycles. The van der Waals surface area contributed by atoms with Crippen molar-refractivity contribution in [2.45, 2.75) is 194 Å². The zero-order chi connectivity index (χ0) is 37.8. The van der Waals surface area contributed by atoms with Crippen molar-refractivity contribution in [1.82, 2.24) is 0 Å². The third-order valence-electron chi connectivity index (χ3n) is 8.76. The predicted molar refractivity (Wildman–Crippen MR) is 224 cm³/mol. The maximum Gasteiger partial charge on any atom is 0.306 e. The number of carbonyl (C=O) groups is 2. The van der Waals surface area contributed by atoms with Crippen LogP contribution >= 0.6 is 0 Å². The molecule has 0 rings (SSSR count). The zero-order valence-electron chi connectivity index (χ0n) is 34.1. The van der Waals surface area contributed by atoms with Crippen molar-refractivity contribution in [3.8, 4) is 0 Å². The monoisotopic (exact) mass is 725 g/mol. The highest BCUT2D eigenvalue weighted by atomic mass is 16.6. The van der Waals surface area contributed by atoms with Crippen molar-refractivity contribution in [3.05, 3.63) is 72.9 Å². The second-order valence-electron chi connectivity index (χ2n) is 13.9. The van der Waals surface area contributed by atoms with Gasteiger partial charge in [-0.25, -0.2) is 0 Å². The first-order chi connectivity index (χ1) is 25.6. The number of rotatable bonds is 38. The second-order valence-corrected chi connectivity index (χ2v) is 13.9. The van der Waals surface area contributed by atoms with Gasteiger partial charge in [0.2, 0.25) is 0 Å². The summed E-state index contributed by atoms with van der Waals surface area (Å²) in [6, 6.07) is 0. The van der Waals surface area contributed by atoms with E-state index in [9.17, 15) is 9.59 Å². The van der Waals surface area contributed by atoms with Crippen molar-refractivity contribution >= 4 is 11.9 Å². The third-order valence-corrected chi connectivity index (χ3v) is 8.76. The molecule has 0 spiro atoms. The van der Waals surface area contributed by atoms with E-state index in [0.29, 0.717) is 19.4 Å². The first kappa shape index (κ1) is 49.3. The zero-order valence-corrected chi connectivity index (χ0v) is 34.1. The lowest BCUT2D eigenvalue weighted by Crippen LogP contribution is -2.30. The molecular formula is C47H80O5. The Bertz CT molecular complexity index is 957. The minimum atomic E-state index is -0.560. The van der Waals surface area contributed by atoms with E-state index in [4.69, 9.17) is 14.2 Å². The molecule has 0 fully saturated rings. The SMILES string of the molecule is CC/C=C\C/C=C\C/C=C\C/C=C\C/C=C\C/C=C\CCCOCC(COC(=O)CCCCCCCCCCC)OC(=O)CCCCCCCCC. The van der Waals surface area contributed by atoms with Gasteiger partial charge in [0, 0.05) is 19.4 Å². The molecule has 0 saturated carbocycles. The van der Waals surface area contributed by atoms with Crippen molar-refractivity contribution in [2.24, 2.45) is 0 Å². The average molecular weight is 725 g/mol. The van der Waals surface area contributed by atoms with Crippen LogP contribution in [-0.2, 0) is 23.8 Å². The normalized spacial score (nSPS) is 12.9. The summed E-state index contributed by atoms with van der Waals surface area (Å²) in [6.45, 7) is 7.50. The van der Waals surface area contributed by atoms with Crippen LogP contribution in [0.5, 0.6) is 0 Å². The third kappa shape index (κ3) is 40.1. The van der Waals surface area contributed by atoms with E-state index in [2.05, 4.69) is 93.7 Å². The van der Waals surface area contributed by atoms with E-state index in [1.54, 1.807) is 0 Å². The molecule has 0 amide bonds. The first-order valence-corrected chi connectivity index (χ1v) is 21.5. The molecule has 1 atom stereocenters. The second kappa shape index (κ2) is 42.8. The lowest BCUT2D eigenvalue weighted by Gasteiger charge is -2.18. The Balaban J connectivity index is 4.26. The molecule has 5 nitrogen and oxygen atoms in total. The number of unbranched alkanes of at least 4 members (excludes halogenated alkanes) is 15. The first-order valence-electron chi connectivity index (χ1n) is 21.5. The van der Waals surface area contributed by atoms with Crippen molar-refractivity contribution in [2.75, 3.05) is 19.8 Å². The molecular weight excluding hydrogens is 645 g/mol. The lowest BCUT2D eigenvalue weighted by molar-refractivity contribution is -0.163. The molecule has 298 valence electrons. The standard InChI is InChI=1S/C47H80O5/c1-4-7-10-13-16-18-19-20-21-22-23-24-25-26-27-28-30-33-36-39-42-50-43-45(52-47(49)41-38-35-31-15-12-9-6-3)44-51-46(48)40-37-34-32-29-17-14-11-8-5-2/h7,10,16,18,20-21,23-24,26-27,30,33,45H,4-6,8-9,11-15,17,19,22,25,28-29,31-32,34-44H2,1-3H3/b10-7-,18-16-,21-20-,24-23-,27-26-,33-30-. The van der Waals surface area contributed by atoms with Crippen LogP contribution in [-0.4, -0.2) is 37.9 Å². The Kier molecular flexibility index (Phi) is 40.6. The van der Waals surface area contributed by atoms with E-state index in [-0.39, 0.29) is 25.2 Å². The minimum Gasteiger partial charge on any atom is -0.462 e. The van der Waals surface area contributed by atoms with Gasteiger partial charge < -0.3 is 14.2 Å². The van der Waals surface area contributed by atoms with Gasteiger partial charge in [-0.05, 0) is 64.2 Å². The van der Waals surface area contributed by atoms with E-state index in [1.165, 1.54) is 70.6 Å². The number of carbonyl (C=O) groups excluding carboxylic acids is 2. The summed E-state index contributed by atoms with van der Waals surface area (Å²) in [4.78, 5) is 25.0. The number of hydrogen-bond acceptors (Lipinski definition) is 5. The average Bonchev–Trinajstić information content (AvgIpc) is 3.14. The summed E-state index contributed by atoms with van der Waals surface area (Å²) in [6.07, 6.45) is 53.5.